The van der Waals surface area contributed by atoms with E-state index in [-0.39, 0.29) is 0 Å². The second-order valence-corrected chi connectivity index (χ2v) is 12.2. The van der Waals surface area contributed by atoms with Crippen LogP contribution < -0.4 is 15.1 Å². The molecule has 1 spiro atoms. The Morgan fingerprint density at radius 1 is 1.06 bits per heavy atom. The minimum absolute atomic E-state index is 0.293. The van der Waals surface area contributed by atoms with Crippen molar-refractivity contribution in [2.75, 3.05) is 48.8 Å². The molecule has 0 amide bonds. The Morgan fingerprint density at radius 2 is 1.77 bits per heavy atom. The van der Waals surface area contributed by atoms with Gasteiger partial charge in [0.25, 0.3) is 0 Å². The number of pyridine rings is 1. The van der Waals surface area contributed by atoms with Crippen molar-refractivity contribution >= 4 is 32.4 Å². The SMILES string of the molecule is CS(=O)(=O)c1ccc(N2CCN(c3ccc4c(C#N)cn([C@H]5C[C@@]6(CCCN6)C5)c4n3)CC2)cc1. The zero-order chi connectivity index (χ0) is 24.2. The third-order valence-electron chi connectivity index (χ3n) is 8.00. The van der Waals surface area contributed by atoms with E-state index in [0.29, 0.717) is 22.0 Å². The first-order chi connectivity index (χ1) is 16.9. The fraction of sp³-hybridized carbons (Fsp3) is 0.462. The molecule has 3 aliphatic rings. The normalized spacial score (nSPS) is 24.6. The Hall–Kier alpha value is -3.09. The van der Waals surface area contributed by atoms with Crippen LogP contribution in [0, 0.1) is 11.3 Å². The molecule has 1 aromatic carbocycles. The maximum atomic E-state index is 11.7. The maximum Gasteiger partial charge on any atom is 0.175 e. The van der Waals surface area contributed by atoms with Crippen molar-refractivity contribution in [3.63, 3.8) is 0 Å². The molecule has 8 nitrogen and oxygen atoms in total. The van der Waals surface area contributed by atoms with Gasteiger partial charge in [0.05, 0.1) is 10.5 Å². The lowest BCUT2D eigenvalue weighted by molar-refractivity contribution is 0.134. The van der Waals surface area contributed by atoms with Gasteiger partial charge in [0.1, 0.15) is 17.5 Å². The number of hydrogen-bond donors (Lipinski definition) is 1. The summed E-state index contributed by atoms with van der Waals surface area (Å²) >= 11 is 0. The topological polar surface area (TPSA) is 94.3 Å². The van der Waals surface area contributed by atoms with Gasteiger partial charge >= 0.3 is 0 Å². The molecule has 3 fully saturated rings. The summed E-state index contributed by atoms with van der Waals surface area (Å²) in [4.78, 5) is 9.97. The molecule has 4 heterocycles. The number of rotatable bonds is 4. The molecule has 35 heavy (non-hydrogen) atoms. The highest BCUT2D eigenvalue weighted by Gasteiger charge is 2.46. The standard InChI is InChI=1S/C26H30N6O2S/c1-35(33,34)22-5-3-20(4-6-22)30-11-13-31(14-12-30)24-8-7-23-19(17-27)18-32(25(23)29-24)21-15-26(16-21)9-2-10-28-26/h3-8,18,21,28H,2,9-16H2,1H3/t21-,26-. The van der Waals surface area contributed by atoms with Gasteiger partial charge in [-0.2, -0.15) is 5.26 Å². The number of piperazine rings is 1. The number of nitrogens with one attached hydrogen (secondary N) is 1. The molecular formula is C26H30N6O2S. The van der Waals surface area contributed by atoms with Crippen molar-refractivity contribution in [2.45, 2.75) is 42.2 Å². The summed E-state index contributed by atoms with van der Waals surface area (Å²) < 4.78 is 25.7. The molecule has 9 heteroatoms. The largest absolute Gasteiger partial charge is 0.368 e. The van der Waals surface area contributed by atoms with Gasteiger partial charge in [0, 0.05) is 61.3 Å². The highest BCUT2D eigenvalue weighted by atomic mass is 32.2. The van der Waals surface area contributed by atoms with Gasteiger partial charge in [-0.05, 0) is 68.6 Å². The predicted octanol–water partition coefficient (Wildman–Crippen LogP) is 3.10. The van der Waals surface area contributed by atoms with Crippen molar-refractivity contribution in [3.8, 4) is 6.07 Å². The zero-order valence-corrected chi connectivity index (χ0v) is 20.8. The van der Waals surface area contributed by atoms with Crippen molar-refractivity contribution in [1.29, 1.82) is 5.26 Å². The van der Waals surface area contributed by atoms with Gasteiger partial charge in [-0.25, -0.2) is 13.4 Å². The molecule has 3 aromatic rings. The van der Waals surface area contributed by atoms with Crippen LogP contribution in [0.15, 0.2) is 47.5 Å². The maximum absolute atomic E-state index is 11.7. The van der Waals surface area contributed by atoms with Crippen LogP contribution in [0.5, 0.6) is 0 Å². The summed E-state index contributed by atoms with van der Waals surface area (Å²) in [6.45, 7) is 4.43. The molecule has 0 bridgehead atoms. The number of fused-ring (bicyclic) bond motifs is 1. The molecule has 1 aliphatic carbocycles. The average molecular weight is 491 g/mol. The Kier molecular flexibility index (Phi) is 5.27. The van der Waals surface area contributed by atoms with Crippen molar-refractivity contribution in [3.05, 3.63) is 48.2 Å². The van der Waals surface area contributed by atoms with E-state index in [0.717, 1.165) is 68.1 Å². The summed E-state index contributed by atoms with van der Waals surface area (Å²) in [5.41, 5.74) is 2.94. The van der Waals surface area contributed by atoms with Gasteiger partial charge in [0.2, 0.25) is 0 Å². The van der Waals surface area contributed by atoms with Crippen LogP contribution in [-0.2, 0) is 9.84 Å². The quantitative estimate of drug-likeness (QED) is 0.601. The predicted molar refractivity (Wildman–Crippen MR) is 137 cm³/mol. The van der Waals surface area contributed by atoms with E-state index >= 15 is 0 Å². The first-order valence-electron chi connectivity index (χ1n) is 12.3. The van der Waals surface area contributed by atoms with E-state index in [1.165, 1.54) is 19.1 Å². The molecule has 6 rings (SSSR count). The van der Waals surface area contributed by atoms with Gasteiger partial charge in [-0.3, -0.25) is 0 Å². The van der Waals surface area contributed by atoms with Gasteiger partial charge in [0.15, 0.2) is 9.84 Å². The zero-order valence-electron chi connectivity index (χ0n) is 19.9. The molecule has 0 atom stereocenters. The average Bonchev–Trinajstić information content (AvgIpc) is 3.48. The van der Waals surface area contributed by atoms with Crippen LogP contribution in [0.4, 0.5) is 11.5 Å². The third-order valence-corrected chi connectivity index (χ3v) is 9.12. The number of nitriles is 1. The molecule has 182 valence electrons. The number of sulfone groups is 1. The van der Waals surface area contributed by atoms with E-state index in [2.05, 4.69) is 25.8 Å². The fourth-order valence-electron chi connectivity index (χ4n) is 6.01. The summed E-state index contributed by atoms with van der Waals surface area (Å²) in [7, 11) is -3.19. The Balaban J connectivity index is 1.19. The summed E-state index contributed by atoms with van der Waals surface area (Å²) in [6, 6.07) is 14.0. The third kappa shape index (κ3) is 3.95. The summed E-state index contributed by atoms with van der Waals surface area (Å²) in [6.07, 6.45) is 7.92. The molecule has 2 aromatic heterocycles. The van der Waals surface area contributed by atoms with Crippen molar-refractivity contribution in [2.24, 2.45) is 0 Å². The molecular weight excluding hydrogens is 460 g/mol. The second kappa shape index (κ2) is 8.25. The van der Waals surface area contributed by atoms with E-state index in [4.69, 9.17) is 4.98 Å². The lowest BCUT2D eigenvalue weighted by Crippen LogP contribution is -2.51. The van der Waals surface area contributed by atoms with E-state index < -0.39 is 9.84 Å². The summed E-state index contributed by atoms with van der Waals surface area (Å²) in [5, 5.41) is 14.3. The Bertz CT molecular complexity index is 1400. The number of anilines is 2. The molecule has 0 radical (unpaired) electrons. The second-order valence-electron chi connectivity index (χ2n) is 10.2. The van der Waals surface area contributed by atoms with Gasteiger partial charge < -0.3 is 19.7 Å². The van der Waals surface area contributed by atoms with Crippen LogP contribution >= 0.6 is 0 Å². The number of hydrogen-bond acceptors (Lipinski definition) is 7. The first kappa shape index (κ1) is 22.4. The molecule has 0 unspecified atom stereocenters. The van der Waals surface area contributed by atoms with Gasteiger partial charge in [-0.1, -0.05) is 0 Å². The van der Waals surface area contributed by atoms with Crippen LogP contribution in [0.1, 0.15) is 37.3 Å². The van der Waals surface area contributed by atoms with Crippen molar-refractivity contribution in [1.82, 2.24) is 14.9 Å². The highest BCUT2D eigenvalue weighted by Crippen LogP contribution is 2.47. The number of nitrogens with zero attached hydrogens (tertiary/aromatic N) is 5. The molecule has 2 aliphatic heterocycles. The van der Waals surface area contributed by atoms with E-state index in [1.807, 2.05) is 30.5 Å². The fourth-order valence-corrected chi connectivity index (χ4v) is 6.64. The monoisotopic (exact) mass is 490 g/mol. The Morgan fingerprint density at radius 3 is 2.40 bits per heavy atom. The smallest absolute Gasteiger partial charge is 0.175 e. The van der Waals surface area contributed by atoms with E-state index in [1.54, 1.807) is 12.1 Å². The van der Waals surface area contributed by atoms with Crippen LogP contribution in [0.2, 0.25) is 0 Å². The summed E-state index contributed by atoms with van der Waals surface area (Å²) in [5.74, 6) is 0.946. The lowest BCUT2D eigenvalue weighted by Gasteiger charge is -2.46. The first-order valence-corrected chi connectivity index (χ1v) is 14.2. The molecule has 2 saturated heterocycles. The highest BCUT2D eigenvalue weighted by molar-refractivity contribution is 7.90. The van der Waals surface area contributed by atoms with Crippen LogP contribution in [-0.4, -0.2) is 62.5 Å². The minimum Gasteiger partial charge on any atom is -0.368 e. The molecule has 1 N–H and O–H groups in total. The van der Waals surface area contributed by atoms with Crippen LogP contribution in [0.25, 0.3) is 11.0 Å². The van der Waals surface area contributed by atoms with Crippen LogP contribution in [0.3, 0.4) is 0 Å². The minimum atomic E-state index is -3.19. The Labute approximate surface area is 206 Å². The number of aromatic nitrogens is 2. The molecule has 1 saturated carbocycles. The lowest BCUT2D eigenvalue weighted by atomic mass is 9.71. The van der Waals surface area contributed by atoms with E-state index in [9.17, 15) is 13.7 Å². The number of benzene rings is 1. The van der Waals surface area contributed by atoms with Crippen molar-refractivity contribution < 1.29 is 8.42 Å². The van der Waals surface area contributed by atoms with Gasteiger partial charge in [-0.15, -0.1) is 0 Å².